The molecule has 1 aliphatic rings. The first-order valence-electron chi connectivity index (χ1n) is 12.3. The zero-order valence-corrected chi connectivity index (χ0v) is 20.3. The van der Waals surface area contributed by atoms with Gasteiger partial charge in [0.25, 0.3) is 0 Å². The summed E-state index contributed by atoms with van der Waals surface area (Å²) in [6.07, 6.45) is 3.58. The number of phenolic OH excluding ortho intramolecular Hbond substituents is 1. The van der Waals surface area contributed by atoms with Crippen molar-refractivity contribution >= 4 is 17.3 Å². The summed E-state index contributed by atoms with van der Waals surface area (Å²) < 4.78 is 11.6. The van der Waals surface area contributed by atoms with Gasteiger partial charge in [-0.3, -0.25) is 9.69 Å². The number of aldehydes is 1. The maximum absolute atomic E-state index is 13.2. The minimum absolute atomic E-state index is 0.148. The fourth-order valence-electron chi connectivity index (χ4n) is 4.93. The molecule has 6 heteroatoms. The van der Waals surface area contributed by atoms with Gasteiger partial charge in [0.05, 0.1) is 11.1 Å². The van der Waals surface area contributed by atoms with Gasteiger partial charge in [0.2, 0.25) is 0 Å². The summed E-state index contributed by atoms with van der Waals surface area (Å²) in [5, 5.41) is 10.8. The zero-order chi connectivity index (χ0) is 25.1. The van der Waals surface area contributed by atoms with Crippen LogP contribution >= 0.6 is 0 Å². The van der Waals surface area contributed by atoms with Crippen LogP contribution in [-0.4, -0.2) is 42.5 Å². The van der Waals surface area contributed by atoms with Gasteiger partial charge in [-0.05, 0) is 79.7 Å². The lowest BCUT2D eigenvalue weighted by atomic mass is 9.91. The Kier molecular flexibility index (Phi) is 6.87. The van der Waals surface area contributed by atoms with Gasteiger partial charge in [-0.2, -0.15) is 0 Å². The summed E-state index contributed by atoms with van der Waals surface area (Å²) in [7, 11) is 0. The normalized spacial score (nSPS) is 13.8. The fraction of sp³-hybridized carbons (Fsp3) is 0.267. The van der Waals surface area contributed by atoms with Crippen molar-refractivity contribution in [1.29, 1.82) is 0 Å². The number of carbonyl (C=O) groups excluding carboxylic acids is 1. The van der Waals surface area contributed by atoms with Crippen molar-refractivity contribution in [3.8, 4) is 22.6 Å². The van der Waals surface area contributed by atoms with Crippen LogP contribution in [0.2, 0.25) is 0 Å². The van der Waals surface area contributed by atoms with Crippen LogP contribution in [0.5, 0.6) is 11.5 Å². The van der Waals surface area contributed by atoms with Crippen molar-refractivity contribution in [2.24, 2.45) is 0 Å². The second kappa shape index (κ2) is 10.4. The quantitative estimate of drug-likeness (QED) is 0.269. The molecule has 0 amide bonds. The Balaban J connectivity index is 1.51. The minimum atomic E-state index is -0.480. The van der Waals surface area contributed by atoms with E-state index in [0.717, 1.165) is 47.6 Å². The Morgan fingerprint density at radius 1 is 1.06 bits per heavy atom. The molecule has 1 N–H and O–H groups in total. The first-order chi connectivity index (χ1) is 17.5. The maximum Gasteiger partial charge on any atom is 0.344 e. The zero-order valence-electron chi connectivity index (χ0n) is 20.3. The van der Waals surface area contributed by atoms with Gasteiger partial charge in [-0.25, -0.2) is 4.79 Å². The molecule has 3 aromatic carbocycles. The van der Waals surface area contributed by atoms with Crippen molar-refractivity contribution in [2.75, 3.05) is 26.2 Å². The average molecular weight is 484 g/mol. The summed E-state index contributed by atoms with van der Waals surface area (Å²) in [6.45, 7) is 5.82. The Labute approximate surface area is 209 Å². The lowest BCUT2D eigenvalue weighted by molar-refractivity contribution is 0.112. The van der Waals surface area contributed by atoms with Gasteiger partial charge in [0, 0.05) is 18.0 Å². The number of nitrogens with zero attached hydrogens (tertiary/aromatic N) is 1. The van der Waals surface area contributed by atoms with Gasteiger partial charge >= 0.3 is 5.63 Å². The Morgan fingerprint density at radius 3 is 2.53 bits per heavy atom. The molecule has 0 unspecified atom stereocenters. The molecule has 0 bridgehead atoms. The third-order valence-corrected chi connectivity index (χ3v) is 6.88. The van der Waals surface area contributed by atoms with E-state index in [-0.39, 0.29) is 16.9 Å². The number of phenols is 1. The van der Waals surface area contributed by atoms with E-state index in [1.165, 1.54) is 18.9 Å². The van der Waals surface area contributed by atoms with Crippen molar-refractivity contribution in [1.82, 2.24) is 4.90 Å². The van der Waals surface area contributed by atoms with E-state index in [1.807, 2.05) is 55.5 Å². The number of aryl methyl sites for hydroxylation is 1. The van der Waals surface area contributed by atoms with E-state index in [4.69, 9.17) is 9.15 Å². The van der Waals surface area contributed by atoms with Crippen molar-refractivity contribution in [3.63, 3.8) is 0 Å². The summed E-state index contributed by atoms with van der Waals surface area (Å²) in [6, 6.07) is 18.5. The van der Waals surface area contributed by atoms with Crippen LogP contribution in [0.25, 0.3) is 22.1 Å². The number of hydrogen-bond acceptors (Lipinski definition) is 6. The number of benzene rings is 3. The number of fused-ring (bicyclic) bond motifs is 1. The predicted octanol–water partition coefficient (Wildman–Crippen LogP) is 5.35. The molecule has 4 aromatic rings. The van der Waals surface area contributed by atoms with Crippen LogP contribution in [0.1, 0.15) is 39.9 Å². The molecule has 2 heterocycles. The van der Waals surface area contributed by atoms with Crippen LogP contribution < -0.4 is 10.4 Å². The summed E-state index contributed by atoms with van der Waals surface area (Å²) in [5.41, 5.74) is 3.85. The first kappa shape index (κ1) is 23.8. The van der Waals surface area contributed by atoms with E-state index >= 15 is 0 Å². The van der Waals surface area contributed by atoms with Crippen LogP contribution in [0.15, 0.2) is 69.9 Å². The molecule has 1 fully saturated rings. The second-order valence-electron chi connectivity index (χ2n) is 9.30. The van der Waals surface area contributed by atoms with Crippen molar-refractivity contribution in [2.45, 2.75) is 26.2 Å². The van der Waals surface area contributed by atoms with E-state index in [1.54, 1.807) is 6.07 Å². The molecule has 1 saturated heterocycles. The molecule has 1 aromatic heterocycles. The smallest absolute Gasteiger partial charge is 0.344 e. The third kappa shape index (κ3) is 4.90. The minimum Gasteiger partial charge on any atom is -0.507 e. The number of likely N-dealkylation sites (tertiary alicyclic amines) is 1. The summed E-state index contributed by atoms with van der Waals surface area (Å²) >= 11 is 0. The molecular weight excluding hydrogens is 454 g/mol. The average Bonchev–Trinajstić information content (AvgIpc) is 3.39. The highest BCUT2D eigenvalue weighted by atomic mass is 16.5. The molecule has 6 nitrogen and oxygen atoms in total. The lowest BCUT2D eigenvalue weighted by Crippen LogP contribution is -2.25. The SMILES string of the molecule is Cc1ccccc1-c1c(Cc2ccc(OCCN3CCCC3)cc2)c2cc(C=O)c(O)cc2oc1=O. The van der Waals surface area contributed by atoms with Gasteiger partial charge < -0.3 is 14.3 Å². The highest BCUT2D eigenvalue weighted by Crippen LogP contribution is 2.34. The van der Waals surface area contributed by atoms with E-state index in [0.29, 0.717) is 30.3 Å². The summed E-state index contributed by atoms with van der Waals surface area (Å²) in [4.78, 5) is 27.2. The standard InChI is InChI=1S/C30H29NO5/c1-20-6-2-3-7-24(20)29-26(25-17-22(19-32)27(33)18-28(25)36-30(29)34)16-21-8-10-23(11-9-21)35-15-14-31-12-4-5-13-31/h2-3,6-11,17-19,33H,4-5,12-16H2,1H3. The number of ether oxygens (including phenoxy) is 1. The molecule has 0 spiro atoms. The molecule has 0 saturated carbocycles. The Bertz CT molecular complexity index is 1450. The third-order valence-electron chi connectivity index (χ3n) is 6.88. The molecular formula is C30H29NO5. The number of hydrogen-bond donors (Lipinski definition) is 1. The fourth-order valence-corrected chi connectivity index (χ4v) is 4.93. The molecule has 5 rings (SSSR count). The first-order valence-corrected chi connectivity index (χ1v) is 12.3. The lowest BCUT2D eigenvalue weighted by Gasteiger charge is -2.16. The van der Waals surface area contributed by atoms with E-state index in [9.17, 15) is 14.7 Å². The van der Waals surface area contributed by atoms with Crippen LogP contribution in [0.4, 0.5) is 0 Å². The van der Waals surface area contributed by atoms with E-state index in [2.05, 4.69) is 4.90 Å². The molecule has 0 radical (unpaired) electrons. The van der Waals surface area contributed by atoms with E-state index < -0.39 is 5.63 Å². The molecule has 184 valence electrons. The van der Waals surface area contributed by atoms with Crippen molar-refractivity contribution < 1.29 is 19.1 Å². The van der Waals surface area contributed by atoms with Crippen LogP contribution in [0.3, 0.4) is 0 Å². The molecule has 1 aliphatic heterocycles. The molecule has 0 aliphatic carbocycles. The van der Waals surface area contributed by atoms with Crippen LogP contribution in [-0.2, 0) is 6.42 Å². The largest absolute Gasteiger partial charge is 0.507 e. The molecule has 0 atom stereocenters. The number of carbonyl (C=O) groups is 1. The molecule has 36 heavy (non-hydrogen) atoms. The Hall–Kier alpha value is -3.90. The van der Waals surface area contributed by atoms with Gasteiger partial charge in [0.15, 0.2) is 6.29 Å². The second-order valence-corrected chi connectivity index (χ2v) is 9.30. The van der Waals surface area contributed by atoms with Gasteiger partial charge in [-0.1, -0.05) is 36.4 Å². The van der Waals surface area contributed by atoms with Gasteiger partial charge in [-0.15, -0.1) is 0 Å². The van der Waals surface area contributed by atoms with Gasteiger partial charge in [0.1, 0.15) is 23.7 Å². The highest BCUT2D eigenvalue weighted by molar-refractivity contribution is 5.94. The summed E-state index contributed by atoms with van der Waals surface area (Å²) in [5.74, 6) is 0.591. The topological polar surface area (TPSA) is 80.0 Å². The maximum atomic E-state index is 13.2. The highest BCUT2D eigenvalue weighted by Gasteiger charge is 2.20. The number of rotatable bonds is 8. The monoisotopic (exact) mass is 483 g/mol. The Morgan fingerprint density at radius 2 is 1.81 bits per heavy atom. The predicted molar refractivity (Wildman–Crippen MR) is 140 cm³/mol. The van der Waals surface area contributed by atoms with Crippen LogP contribution in [0, 0.1) is 6.92 Å². The number of aromatic hydroxyl groups is 1. The van der Waals surface area contributed by atoms with Crippen molar-refractivity contribution in [3.05, 3.63) is 93.3 Å².